The fourth-order valence-electron chi connectivity index (χ4n) is 3.40. The molecule has 1 saturated carbocycles. The van der Waals surface area contributed by atoms with Crippen LogP contribution in [-0.2, 0) is 0 Å². The van der Waals surface area contributed by atoms with Crippen LogP contribution < -0.4 is 5.32 Å². The zero-order chi connectivity index (χ0) is 13.8. The highest BCUT2D eigenvalue weighted by Gasteiger charge is 2.34. The van der Waals surface area contributed by atoms with Crippen LogP contribution in [0.15, 0.2) is 0 Å². The summed E-state index contributed by atoms with van der Waals surface area (Å²) in [6.45, 7) is 14.3. The fourth-order valence-corrected chi connectivity index (χ4v) is 3.40. The number of hydrogen-bond donors (Lipinski definition) is 1. The van der Waals surface area contributed by atoms with E-state index in [9.17, 15) is 0 Å². The van der Waals surface area contributed by atoms with E-state index in [2.05, 4.69) is 46.9 Å². The quantitative estimate of drug-likeness (QED) is 0.726. The molecule has 1 aliphatic rings. The monoisotopic (exact) mass is 253 g/mol. The SMILES string of the molecule is CC(C)CCC(C)NC1CCCCC1C(C)(C)C. The molecule has 3 atom stereocenters. The van der Waals surface area contributed by atoms with Crippen LogP contribution in [0, 0.1) is 17.3 Å². The van der Waals surface area contributed by atoms with Crippen molar-refractivity contribution < 1.29 is 0 Å². The Hall–Kier alpha value is -0.0400. The molecule has 1 nitrogen and oxygen atoms in total. The second-order valence-electron chi connectivity index (χ2n) is 7.90. The first-order valence-electron chi connectivity index (χ1n) is 8.06. The molecular formula is C17H35N. The van der Waals surface area contributed by atoms with Crippen LogP contribution in [0.25, 0.3) is 0 Å². The molecule has 108 valence electrons. The highest BCUT2D eigenvalue weighted by atomic mass is 15.0. The van der Waals surface area contributed by atoms with Gasteiger partial charge in [-0.2, -0.15) is 0 Å². The molecule has 0 heterocycles. The van der Waals surface area contributed by atoms with Gasteiger partial charge in [0, 0.05) is 12.1 Å². The van der Waals surface area contributed by atoms with Crippen LogP contribution in [0.3, 0.4) is 0 Å². The predicted molar refractivity (Wildman–Crippen MR) is 81.9 cm³/mol. The Morgan fingerprint density at radius 3 is 2.17 bits per heavy atom. The standard InChI is InChI=1S/C17H35N/c1-13(2)11-12-14(3)18-16-10-8-7-9-15(16)17(4,5)6/h13-16,18H,7-12H2,1-6H3. The first kappa shape index (κ1) is 16.0. The minimum absolute atomic E-state index is 0.454. The van der Waals surface area contributed by atoms with Crippen LogP contribution in [0.5, 0.6) is 0 Å². The van der Waals surface area contributed by atoms with Gasteiger partial charge in [0.15, 0.2) is 0 Å². The van der Waals surface area contributed by atoms with Crippen LogP contribution in [0.1, 0.15) is 80.1 Å². The summed E-state index contributed by atoms with van der Waals surface area (Å²) >= 11 is 0. The lowest BCUT2D eigenvalue weighted by atomic mass is 9.69. The lowest BCUT2D eigenvalue weighted by Crippen LogP contribution is -2.47. The minimum atomic E-state index is 0.454. The van der Waals surface area contributed by atoms with Gasteiger partial charge in [0.25, 0.3) is 0 Å². The second-order valence-corrected chi connectivity index (χ2v) is 7.90. The molecule has 0 aromatic rings. The van der Waals surface area contributed by atoms with E-state index in [1.807, 2.05) is 0 Å². The van der Waals surface area contributed by atoms with Crippen molar-refractivity contribution >= 4 is 0 Å². The largest absolute Gasteiger partial charge is 0.311 e. The predicted octanol–water partition coefficient (Wildman–Crippen LogP) is 5.01. The molecule has 1 aliphatic carbocycles. The zero-order valence-electron chi connectivity index (χ0n) is 13.6. The van der Waals surface area contributed by atoms with Gasteiger partial charge >= 0.3 is 0 Å². The Balaban J connectivity index is 2.46. The molecule has 0 amide bonds. The lowest BCUT2D eigenvalue weighted by Gasteiger charge is -2.42. The van der Waals surface area contributed by atoms with E-state index in [0.717, 1.165) is 17.9 Å². The van der Waals surface area contributed by atoms with E-state index in [1.54, 1.807) is 0 Å². The zero-order valence-corrected chi connectivity index (χ0v) is 13.6. The van der Waals surface area contributed by atoms with Gasteiger partial charge in [-0.15, -0.1) is 0 Å². The van der Waals surface area contributed by atoms with Crippen molar-refractivity contribution in [3.63, 3.8) is 0 Å². The Morgan fingerprint density at radius 1 is 1.00 bits per heavy atom. The minimum Gasteiger partial charge on any atom is -0.311 e. The summed E-state index contributed by atoms with van der Waals surface area (Å²) in [4.78, 5) is 0. The molecule has 0 bridgehead atoms. The van der Waals surface area contributed by atoms with Gasteiger partial charge in [0.2, 0.25) is 0 Å². The van der Waals surface area contributed by atoms with Crippen molar-refractivity contribution in [3.8, 4) is 0 Å². The summed E-state index contributed by atoms with van der Waals surface area (Å²) in [7, 11) is 0. The summed E-state index contributed by atoms with van der Waals surface area (Å²) in [5, 5.41) is 3.93. The van der Waals surface area contributed by atoms with Gasteiger partial charge < -0.3 is 5.32 Å². The first-order chi connectivity index (χ1) is 8.30. The topological polar surface area (TPSA) is 12.0 Å². The molecule has 1 rings (SSSR count). The maximum absolute atomic E-state index is 3.93. The summed E-state index contributed by atoms with van der Waals surface area (Å²) in [5.74, 6) is 1.69. The van der Waals surface area contributed by atoms with E-state index < -0.39 is 0 Å². The van der Waals surface area contributed by atoms with E-state index in [0.29, 0.717) is 11.5 Å². The van der Waals surface area contributed by atoms with Crippen LogP contribution in [-0.4, -0.2) is 12.1 Å². The van der Waals surface area contributed by atoms with Crippen molar-refractivity contribution in [2.24, 2.45) is 17.3 Å². The van der Waals surface area contributed by atoms with Gasteiger partial charge in [-0.3, -0.25) is 0 Å². The molecule has 1 N–H and O–H groups in total. The number of hydrogen-bond acceptors (Lipinski definition) is 1. The molecule has 0 saturated heterocycles. The summed E-state index contributed by atoms with van der Waals surface area (Å²) in [6.07, 6.45) is 8.32. The molecule has 0 radical (unpaired) electrons. The van der Waals surface area contributed by atoms with Crippen LogP contribution in [0.2, 0.25) is 0 Å². The van der Waals surface area contributed by atoms with Crippen molar-refractivity contribution in [2.45, 2.75) is 92.2 Å². The number of rotatable bonds is 5. The Kier molecular flexibility index (Phi) is 6.17. The molecule has 0 aromatic heterocycles. The highest BCUT2D eigenvalue weighted by molar-refractivity contribution is 4.89. The normalized spacial score (nSPS) is 27.5. The van der Waals surface area contributed by atoms with Gasteiger partial charge in [-0.05, 0) is 49.9 Å². The molecular weight excluding hydrogens is 218 g/mol. The van der Waals surface area contributed by atoms with Crippen LogP contribution >= 0.6 is 0 Å². The van der Waals surface area contributed by atoms with E-state index in [4.69, 9.17) is 0 Å². The van der Waals surface area contributed by atoms with Crippen molar-refractivity contribution in [1.29, 1.82) is 0 Å². The second kappa shape index (κ2) is 6.93. The van der Waals surface area contributed by atoms with Crippen molar-refractivity contribution in [1.82, 2.24) is 5.32 Å². The smallest absolute Gasteiger partial charge is 0.0103 e. The molecule has 0 spiro atoms. The van der Waals surface area contributed by atoms with Crippen LogP contribution in [0.4, 0.5) is 0 Å². The van der Waals surface area contributed by atoms with E-state index >= 15 is 0 Å². The third-order valence-corrected chi connectivity index (χ3v) is 4.55. The fraction of sp³-hybridized carbons (Fsp3) is 1.00. The maximum atomic E-state index is 3.93. The van der Waals surface area contributed by atoms with Crippen molar-refractivity contribution in [3.05, 3.63) is 0 Å². The third kappa shape index (κ3) is 5.30. The molecule has 18 heavy (non-hydrogen) atoms. The molecule has 0 aromatic carbocycles. The summed E-state index contributed by atoms with van der Waals surface area (Å²) < 4.78 is 0. The van der Waals surface area contributed by atoms with Gasteiger partial charge in [-0.25, -0.2) is 0 Å². The Bertz CT molecular complexity index is 226. The third-order valence-electron chi connectivity index (χ3n) is 4.55. The van der Waals surface area contributed by atoms with Crippen molar-refractivity contribution in [2.75, 3.05) is 0 Å². The molecule has 1 heteroatoms. The highest BCUT2D eigenvalue weighted by Crippen LogP contribution is 2.38. The molecule has 1 fully saturated rings. The average Bonchev–Trinajstić information content (AvgIpc) is 2.25. The first-order valence-corrected chi connectivity index (χ1v) is 8.06. The summed E-state index contributed by atoms with van der Waals surface area (Å²) in [6, 6.07) is 1.43. The molecule has 0 aliphatic heterocycles. The Labute approximate surface area is 115 Å². The number of nitrogens with one attached hydrogen (secondary N) is 1. The van der Waals surface area contributed by atoms with Gasteiger partial charge in [-0.1, -0.05) is 47.5 Å². The lowest BCUT2D eigenvalue weighted by molar-refractivity contribution is 0.123. The average molecular weight is 253 g/mol. The van der Waals surface area contributed by atoms with E-state index in [-0.39, 0.29) is 0 Å². The van der Waals surface area contributed by atoms with E-state index in [1.165, 1.54) is 38.5 Å². The molecule has 3 unspecified atom stereocenters. The van der Waals surface area contributed by atoms with Gasteiger partial charge in [0.05, 0.1) is 0 Å². The maximum Gasteiger partial charge on any atom is 0.0103 e. The summed E-state index contributed by atoms with van der Waals surface area (Å²) in [5.41, 5.74) is 0.454. The van der Waals surface area contributed by atoms with Gasteiger partial charge in [0.1, 0.15) is 0 Å². The Morgan fingerprint density at radius 2 is 1.61 bits per heavy atom.